The standard InChI is InChI=1S/C14H12BrCl2NO/c15-11-3-4-14(13(17)6-11)19-8-10-2-1-9(7-18)5-12(10)16/h1-6H,7-8,18H2. The minimum atomic E-state index is 0.366. The van der Waals surface area contributed by atoms with Gasteiger partial charge in [-0.2, -0.15) is 0 Å². The molecule has 0 aliphatic rings. The molecule has 5 heteroatoms. The zero-order valence-electron chi connectivity index (χ0n) is 10.00. The summed E-state index contributed by atoms with van der Waals surface area (Å²) < 4.78 is 6.58. The van der Waals surface area contributed by atoms with E-state index in [9.17, 15) is 0 Å². The maximum Gasteiger partial charge on any atom is 0.138 e. The topological polar surface area (TPSA) is 35.2 Å². The van der Waals surface area contributed by atoms with Crippen LogP contribution in [0, 0.1) is 0 Å². The summed E-state index contributed by atoms with van der Waals surface area (Å²) in [5.74, 6) is 0.629. The Bertz CT molecular complexity index is 590. The second-order valence-corrected chi connectivity index (χ2v) is 5.72. The van der Waals surface area contributed by atoms with Gasteiger partial charge in [0.1, 0.15) is 12.4 Å². The summed E-state index contributed by atoms with van der Waals surface area (Å²) in [6, 6.07) is 11.2. The quantitative estimate of drug-likeness (QED) is 0.850. The lowest BCUT2D eigenvalue weighted by Crippen LogP contribution is -2.00. The van der Waals surface area contributed by atoms with Crippen molar-refractivity contribution < 1.29 is 4.74 Å². The fourth-order valence-electron chi connectivity index (χ4n) is 1.58. The Kier molecular flexibility index (Phi) is 5.11. The summed E-state index contributed by atoms with van der Waals surface area (Å²) in [4.78, 5) is 0. The highest BCUT2D eigenvalue weighted by atomic mass is 79.9. The van der Waals surface area contributed by atoms with Crippen molar-refractivity contribution in [2.75, 3.05) is 0 Å². The average molecular weight is 361 g/mol. The minimum Gasteiger partial charge on any atom is -0.487 e. The predicted octanol–water partition coefficient (Wildman–Crippen LogP) is 4.79. The molecule has 19 heavy (non-hydrogen) atoms. The molecule has 2 aromatic rings. The third-order valence-electron chi connectivity index (χ3n) is 2.63. The van der Waals surface area contributed by atoms with E-state index in [1.807, 2.05) is 30.3 Å². The van der Waals surface area contributed by atoms with Gasteiger partial charge < -0.3 is 10.5 Å². The molecule has 0 saturated carbocycles. The molecule has 0 radical (unpaired) electrons. The molecule has 0 spiro atoms. The van der Waals surface area contributed by atoms with E-state index in [-0.39, 0.29) is 0 Å². The fourth-order valence-corrected chi connectivity index (χ4v) is 2.57. The average Bonchev–Trinajstić information content (AvgIpc) is 2.39. The molecule has 0 heterocycles. The molecule has 0 unspecified atom stereocenters. The largest absolute Gasteiger partial charge is 0.487 e. The van der Waals surface area contributed by atoms with E-state index in [1.54, 1.807) is 6.07 Å². The van der Waals surface area contributed by atoms with Gasteiger partial charge in [0, 0.05) is 21.6 Å². The highest BCUT2D eigenvalue weighted by Crippen LogP contribution is 2.29. The molecule has 0 saturated heterocycles. The van der Waals surface area contributed by atoms with Crippen LogP contribution in [-0.4, -0.2) is 0 Å². The molecule has 0 fully saturated rings. The van der Waals surface area contributed by atoms with Crippen LogP contribution < -0.4 is 10.5 Å². The molecule has 2 rings (SSSR count). The number of hydrogen-bond acceptors (Lipinski definition) is 2. The summed E-state index contributed by atoms with van der Waals surface area (Å²) in [5.41, 5.74) is 7.45. The van der Waals surface area contributed by atoms with Gasteiger partial charge in [-0.1, -0.05) is 51.3 Å². The van der Waals surface area contributed by atoms with E-state index in [4.69, 9.17) is 33.7 Å². The van der Waals surface area contributed by atoms with E-state index in [1.165, 1.54) is 0 Å². The molecule has 2 nitrogen and oxygen atoms in total. The molecular weight excluding hydrogens is 349 g/mol. The maximum absolute atomic E-state index is 6.16. The summed E-state index contributed by atoms with van der Waals surface area (Å²) in [6.45, 7) is 0.838. The second-order valence-electron chi connectivity index (χ2n) is 3.99. The summed E-state index contributed by atoms with van der Waals surface area (Å²) >= 11 is 15.6. The number of hydrogen-bond donors (Lipinski definition) is 1. The molecule has 0 aliphatic heterocycles. The highest BCUT2D eigenvalue weighted by molar-refractivity contribution is 9.10. The lowest BCUT2D eigenvalue weighted by molar-refractivity contribution is 0.306. The Morgan fingerprint density at radius 3 is 2.47 bits per heavy atom. The number of ether oxygens (including phenoxy) is 1. The van der Waals surface area contributed by atoms with Crippen LogP contribution in [0.3, 0.4) is 0 Å². The zero-order valence-corrected chi connectivity index (χ0v) is 13.1. The van der Waals surface area contributed by atoms with Crippen molar-refractivity contribution in [3.63, 3.8) is 0 Å². The van der Waals surface area contributed by atoms with Crippen LogP contribution in [0.5, 0.6) is 5.75 Å². The van der Waals surface area contributed by atoms with E-state index in [0.717, 1.165) is 15.6 Å². The first kappa shape index (κ1) is 14.7. The SMILES string of the molecule is NCc1ccc(COc2ccc(Br)cc2Cl)c(Cl)c1. The molecule has 2 aromatic carbocycles. The van der Waals surface area contributed by atoms with Crippen molar-refractivity contribution in [1.29, 1.82) is 0 Å². The Morgan fingerprint density at radius 1 is 1.05 bits per heavy atom. The number of rotatable bonds is 4. The van der Waals surface area contributed by atoms with E-state index < -0.39 is 0 Å². The molecule has 0 bridgehead atoms. The van der Waals surface area contributed by atoms with Crippen molar-refractivity contribution in [1.82, 2.24) is 0 Å². The molecule has 0 aromatic heterocycles. The smallest absolute Gasteiger partial charge is 0.138 e. The first-order valence-corrected chi connectivity index (χ1v) is 7.20. The Morgan fingerprint density at radius 2 is 1.84 bits per heavy atom. The Hall–Kier alpha value is -0.740. The summed E-state index contributed by atoms with van der Waals surface area (Å²) in [5, 5.41) is 1.21. The fraction of sp³-hybridized carbons (Fsp3) is 0.143. The van der Waals surface area contributed by atoms with E-state index >= 15 is 0 Å². The highest BCUT2D eigenvalue weighted by Gasteiger charge is 2.05. The molecule has 100 valence electrons. The number of nitrogens with two attached hydrogens (primary N) is 1. The zero-order chi connectivity index (χ0) is 13.8. The minimum absolute atomic E-state index is 0.366. The third-order valence-corrected chi connectivity index (χ3v) is 3.77. The van der Waals surface area contributed by atoms with Crippen LogP contribution in [0.25, 0.3) is 0 Å². The first-order valence-electron chi connectivity index (χ1n) is 5.65. The second kappa shape index (κ2) is 6.62. The van der Waals surface area contributed by atoms with Crippen molar-refractivity contribution >= 4 is 39.1 Å². The normalized spacial score (nSPS) is 10.5. The monoisotopic (exact) mass is 359 g/mol. The van der Waals surface area contributed by atoms with Gasteiger partial charge in [-0.3, -0.25) is 0 Å². The van der Waals surface area contributed by atoms with Gasteiger partial charge in [0.05, 0.1) is 5.02 Å². The maximum atomic E-state index is 6.16. The predicted molar refractivity (Wildman–Crippen MR) is 82.8 cm³/mol. The van der Waals surface area contributed by atoms with Gasteiger partial charge in [-0.05, 0) is 29.8 Å². The Balaban J connectivity index is 2.10. The third kappa shape index (κ3) is 3.86. The van der Waals surface area contributed by atoms with Crippen LogP contribution in [0.2, 0.25) is 10.0 Å². The number of halogens is 3. The molecule has 0 aliphatic carbocycles. The van der Waals surface area contributed by atoms with E-state index in [0.29, 0.717) is 28.9 Å². The summed E-state index contributed by atoms with van der Waals surface area (Å²) in [6.07, 6.45) is 0. The van der Waals surface area contributed by atoms with Gasteiger partial charge in [0.2, 0.25) is 0 Å². The van der Waals surface area contributed by atoms with Crippen LogP contribution in [-0.2, 0) is 13.2 Å². The first-order chi connectivity index (χ1) is 9.10. The van der Waals surface area contributed by atoms with Gasteiger partial charge in [0.15, 0.2) is 0 Å². The lowest BCUT2D eigenvalue weighted by Gasteiger charge is -2.10. The molecule has 0 amide bonds. The van der Waals surface area contributed by atoms with Crippen molar-refractivity contribution in [2.24, 2.45) is 5.73 Å². The van der Waals surface area contributed by atoms with Crippen LogP contribution in [0.15, 0.2) is 40.9 Å². The number of benzene rings is 2. The van der Waals surface area contributed by atoms with Gasteiger partial charge in [-0.15, -0.1) is 0 Å². The molecular formula is C14H12BrCl2NO. The van der Waals surface area contributed by atoms with Crippen molar-refractivity contribution in [3.8, 4) is 5.75 Å². The molecule has 0 atom stereocenters. The van der Waals surface area contributed by atoms with E-state index in [2.05, 4.69) is 15.9 Å². The van der Waals surface area contributed by atoms with Gasteiger partial charge in [-0.25, -0.2) is 0 Å². The lowest BCUT2D eigenvalue weighted by atomic mass is 10.1. The molecule has 2 N–H and O–H groups in total. The van der Waals surface area contributed by atoms with Gasteiger partial charge in [0.25, 0.3) is 0 Å². The van der Waals surface area contributed by atoms with Crippen LogP contribution in [0.1, 0.15) is 11.1 Å². The van der Waals surface area contributed by atoms with Crippen LogP contribution in [0.4, 0.5) is 0 Å². The Labute approximate surface area is 130 Å². The van der Waals surface area contributed by atoms with Crippen molar-refractivity contribution in [3.05, 3.63) is 62.0 Å². The van der Waals surface area contributed by atoms with Crippen molar-refractivity contribution in [2.45, 2.75) is 13.2 Å². The van der Waals surface area contributed by atoms with Gasteiger partial charge >= 0.3 is 0 Å². The van der Waals surface area contributed by atoms with Crippen LogP contribution >= 0.6 is 39.1 Å². The summed E-state index contributed by atoms with van der Waals surface area (Å²) in [7, 11) is 0.